The van der Waals surface area contributed by atoms with Crippen LogP contribution in [-0.4, -0.2) is 24.3 Å². The van der Waals surface area contributed by atoms with Crippen molar-refractivity contribution in [2.45, 2.75) is 18.9 Å². The van der Waals surface area contributed by atoms with Crippen molar-refractivity contribution >= 4 is 17.3 Å². The third-order valence-electron chi connectivity index (χ3n) is 3.79. The van der Waals surface area contributed by atoms with Crippen LogP contribution in [0.4, 0.5) is 5.69 Å². The Kier molecular flexibility index (Phi) is 3.95. The molecule has 3 heteroatoms. The molecular weight excluding hydrogens is 270 g/mol. The van der Waals surface area contributed by atoms with Gasteiger partial charge in [-0.1, -0.05) is 29.8 Å². The monoisotopic (exact) mass is 286 g/mol. The van der Waals surface area contributed by atoms with Gasteiger partial charge in [0.25, 0.3) is 0 Å². The molecule has 1 heterocycles. The Morgan fingerprint density at radius 2 is 1.90 bits per heavy atom. The van der Waals surface area contributed by atoms with Crippen LogP contribution in [0.1, 0.15) is 12.8 Å². The molecule has 0 aromatic heterocycles. The smallest absolute Gasteiger partial charge is 0.0574 e. The van der Waals surface area contributed by atoms with Gasteiger partial charge in [-0.15, -0.1) is 0 Å². The van der Waals surface area contributed by atoms with Crippen molar-refractivity contribution in [2.75, 3.05) is 18.0 Å². The normalized spacial score (nSPS) is 16.4. The lowest BCUT2D eigenvalue weighted by Crippen LogP contribution is -2.35. The molecule has 103 valence electrons. The van der Waals surface area contributed by atoms with Gasteiger partial charge in [0, 0.05) is 29.4 Å². The number of anilines is 1. The first-order valence-electron chi connectivity index (χ1n) is 6.93. The van der Waals surface area contributed by atoms with Gasteiger partial charge in [0.1, 0.15) is 0 Å². The summed E-state index contributed by atoms with van der Waals surface area (Å²) < 4.78 is 0. The second-order valence-electron chi connectivity index (χ2n) is 5.18. The second-order valence-corrected chi connectivity index (χ2v) is 5.59. The van der Waals surface area contributed by atoms with E-state index >= 15 is 0 Å². The fourth-order valence-corrected chi connectivity index (χ4v) is 2.86. The molecule has 0 saturated carbocycles. The van der Waals surface area contributed by atoms with E-state index in [9.17, 15) is 5.11 Å². The number of benzene rings is 2. The van der Waals surface area contributed by atoms with Crippen LogP contribution in [0, 0.1) is 6.07 Å². The van der Waals surface area contributed by atoms with Crippen LogP contribution < -0.4 is 4.90 Å². The fraction of sp³-hybridized carbons (Fsp3) is 0.294. The van der Waals surface area contributed by atoms with E-state index in [1.165, 1.54) is 0 Å². The number of halogens is 1. The first-order chi connectivity index (χ1) is 9.74. The van der Waals surface area contributed by atoms with Crippen LogP contribution in [0.25, 0.3) is 11.1 Å². The maximum atomic E-state index is 9.59. The number of hydrogen-bond donors (Lipinski definition) is 1. The minimum atomic E-state index is -0.151. The highest BCUT2D eigenvalue weighted by molar-refractivity contribution is 6.33. The quantitative estimate of drug-likeness (QED) is 0.908. The van der Waals surface area contributed by atoms with Crippen molar-refractivity contribution in [1.82, 2.24) is 0 Å². The summed E-state index contributed by atoms with van der Waals surface area (Å²) in [5.41, 5.74) is 3.26. The van der Waals surface area contributed by atoms with Crippen molar-refractivity contribution in [3.05, 3.63) is 53.6 Å². The van der Waals surface area contributed by atoms with E-state index in [-0.39, 0.29) is 6.10 Å². The molecule has 1 N–H and O–H groups in total. The maximum Gasteiger partial charge on any atom is 0.0574 e. The lowest BCUT2D eigenvalue weighted by molar-refractivity contribution is 0.145. The predicted molar refractivity (Wildman–Crippen MR) is 83.2 cm³/mol. The first kappa shape index (κ1) is 13.5. The van der Waals surface area contributed by atoms with E-state index in [1.807, 2.05) is 36.4 Å². The van der Waals surface area contributed by atoms with Crippen LogP contribution in [-0.2, 0) is 0 Å². The molecule has 2 aromatic carbocycles. The zero-order valence-electron chi connectivity index (χ0n) is 11.2. The van der Waals surface area contributed by atoms with Gasteiger partial charge < -0.3 is 10.0 Å². The Labute approximate surface area is 124 Å². The number of aliphatic hydroxyl groups excluding tert-OH is 1. The molecule has 1 saturated heterocycles. The van der Waals surface area contributed by atoms with E-state index in [0.29, 0.717) is 0 Å². The van der Waals surface area contributed by atoms with E-state index in [4.69, 9.17) is 11.6 Å². The van der Waals surface area contributed by atoms with Crippen LogP contribution in [0.5, 0.6) is 0 Å². The third-order valence-corrected chi connectivity index (χ3v) is 4.12. The van der Waals surface area contributed by atoms with Crippen molar-refractivity contribution in [2.24, 2.45) is 0 Å². The van der Waals surface area contributed by atoms with Gasteiger partial charge in [0.2, 0.25) is 0 Å². The SMILES string of the molecule is OC1CCN(c2c[c]cc(-c3ccccc3Cl)c2)CC1. The molecule has 0 unspecified atom stereocenters. The Hall–Kier alpha value is -1.51. The summed E-state index contributed by atoms with van der Waals surface area (Å²) in [5, 5.41) is 10.3. The van der Waals surface area contributed by atoms with Crippen LogP contribution in [0.3, 0.4) is 0 Å². The number of aliphatic hydroxyl groups is 1. The predicted octanol–water partition coefficient (Wildman–Crippen LogP) is 3.77. The van der Waals surface area contributed by atoms with Gasteiger partial charge in [-0.25, -0.2) is 0 Å². The molecule has 0 aliphatic carbocycles. The zero-order valence-corrected chi connectivity index (χ0v) is 12.0. The second kappa shape index (κ2) is 5.86. The summed E-state index contributed by atoms with van der Waals surface area (Å²) in [6.07, 6.45) is 1.51. The molecule has 3 rings (SSSR count). The Morgan fingerprint density at radius 1 is 1.15 bits per heavy atom. The van der Waals surface area contributed by atoms with Crippen molar-refractivity contribution in [1.29, 1.82) is 0 Å². The molecule has 1 aliphatic heterocycles. The zero-order chi connectivity index (χ0) is 13.9. The molecule has 0 amide bonds. The van der Waals surface area contributed by atoms with Gasteiger partial charge in [-0.05, 0) is 48.7 Å². The summed E-state index contributed by atoms with van der Waals surface area (Å²) in [5.74, 6) is 0. The van der Waals surface area contributed by atoms with Crippen LogP contribution in [0.15, 0.2) is 42.5 Å². The first-order valence-corrected chi connectivity index (χ1v) is 7.31. The van der Waals surface area contributed by atoms with Gasteiger partial charge >= 0.3 is 0 Å². The number of piperidine rings is 1. The summed E-state index contributed by atoms with van der Waals surface area (Å²) in [6.45, 7) is 1.78. The summed E-state index contributed by atoms with van der Waals surface area (Å²) in [6, 6.07) is 17.2. The number of nitrogens with zero attached hydrogens (tertiary/aromatic N) is 1. The molecule has 1 radical (unpaired) electrons. The Balaban J connectivity index is 1.88. The van der Waals surface area contributed by atoms with Crippen molar-refractivity contribution < 1.29 is 5.11 Å². The Morgan fingerprint density at radius 3 is 2.65 bits per heavy atom. The molecule has 2 aromatic rings. The van der Waals surface area contributed by atoms with Crippen molar-refractivity contribution in [3.8, 4) is 11.1 Å². The summed E-state index contributed by atoms with van der Waals surface area (Å²) in [4.78, 5) is 2.30. The standard InChI is InChI=1S/C17H17ClNO/c18-17-7-2-1-6-16(17)13-4-3-5-14(12-13)19-10-8-15(20)9-11-19/h1-2,4-7,12,15,20H,8-11H2. The largest absolute Gasteiger partial charge is 0.393 e. The highest BCUT2D eigenvalue weighted by Gasteiger charge is 2.17. The van der Waals surface area contributed by atoms with Gasteiger partial charge in [0.15, 0.2) is 0 Å². The van der Waals surface area contributed by atoms with Crippen LogP contribution >= 0.6 is 11.6 Å². The van der Waals surface area contributed by atoms with Crippen LogP contribution in [0.2, 0.25) is 5.02 Å². The topological polar surface area (TPSA) is 23.5 Å². The van der Waals surface area contributed by atoms with Gasteiger partial charge in [-0.2, -0.15) is 0 Å². The van der Waals surface area contributed by atoms with E-state index in [0.717, 1.165) is 47.8 Å². The number of hydrogen-bond acceptors (Lipinski definition) is 2. The highest BCUT2D eigenvalue weighted by atomic mass is 35.5. The maximum absolute atomic E-state index is 9.59. The van der Waals surface area contributed by atoms with Gasteiger partial charge in [0.05, 0.1) is 6.10 Å². The lowest BCUT2D eigenvalue weighted by atomic mass is 10.0. The molecule has 0 bridgehead atoms. The van der Waals surface area contributed by atoms with E-state index in [1.54, 1.807) is 0 Å². The molecule has 0 atom stereocenters. The average Bonchev–Trinajstić information content (AvgIpc) is 2.49. The lowest BCUT2D eigenvalue weighted by Gasteiger charge is -2.31. The molecular formula is C17H17ClNO. The van der Waals surface area contributed by atoms with E-state index in [2.05, 4.69) is 17.0 Å². The molecule has 1 fully saturated rings. The minimum Gasteiger partial charge on any atom is -0.393 e. The summed E-state index contributed by atoms with van der Waals surface area (Å²) >= 11 is 6.26. The van der Waals surface area contributed by atoms with E-state index < -0.39 is 0 Å². The molecule has 2 nitrogen and oxygen atoms in total. The molecule has 1 aliphatic rings. The minimum absolute atomic E-state index is 0.151. The molecule has 0 spiro atoms. The fourth-order valence-electron chi connectivity index (χ4n) is 2.62. The van der Waals surface area contributed by atoms with Crippen molar-refractivity contribution in [3.63, 3.8) is 0 Å². The van der Waals surface area contributed by atoms with Gasteiger partial charge in [-0.3, -0.25) is 0 Å². The number of rotatable bonds is 2. The average molecular weight is 287 g/mol. The highest BCUT2D eigenvalue weighted by Crippen LogP contribution is 2.30. The molecule has 20 heavy (non-hydrogen) atoms. The Bertz CT molecular complexity index is 591. The summed E-state index contributed by atoms with van der Waals surface area (Å²) in [7, 11) is 0. The third kappa shape index (κ3) is 2.82.